The average Bonchev–Trinajstić information content (AvgIpc) is 2.56. The molecule has 25 heavy (non-hydrogen) atoms. The molecule has 4 aliphatic carbocycles. The zero-order valence-electron chi connectivity index (χ0n) is 15.3. The van der Waals surface area contributed by atoms with Gasteiger partial charge in [-0.3, -0.25) is 14.4 Å². The highest BCUT2D eigenvalue weighted by Crippen LogP contribution is 2.60. The van der Waals surface area contributed by atoms with Crippen LogP contribution in [0.4, 0.5) is 0 Å². The highest BCUT2D eigenvalue weighted by Gasteiger charge is 2.55. The van der Waals surface area contributed by atoms with Gasteiger partial charge < -0.3 is 15.4 Å². The molecule has 2 amide bonds. The SMILES string of the molecule is CCCNC(=O)[C@@H](C)NC(=O)COC(=O)C12CC3CC(CC(C3)C1)C2. The van der Waals surface area contributed by atoms with Crippen LogP contribution in [0.3, 0.4) is 0 Å². The van der Waals surface area contributed by atoms with Crippen molar-refractivity contribution in [2.75, 3.05) is 13.2 Å². The summed E-state index contributed by atoms with van der Waals surface area (Å²) in [4.78, 5) is 36.4. The van der Waals surface area contributed by atoms with Crippen LogP contribution in [-0.4, -0.2) is 37.0 Å². The fourth-order valence-corrected chi connectivity index (χ4v) is 5.39. The van der Waals surface area contributed by atoms with Crippen LogP contribution in [0.2, 0.25) is 0 Å². The summed E-state index contributed by atoms with van der Waals surface area (Å²) in [6, 6.07) is -0.627. The third-order valence-corrected chi connectivity index (χ3v) is 6.13. The normalized spacial score (nSPS) is 33.6. The average molecular weight is 350 g/mol. The highest BCUT2D eigenvalue weighted by atomic mass is 16.5. The van der Waals surface area contributed by atoms with E-state index in [4.69, 9.17) is 4.74 Å². The van der Waals surface area contributed by atoms with Crippen molar-refractivity contribution < 1.29 is 19.1 Å². The van der Waals surface area contributed by atoms with Gasteiger partial charge in [-0.15, -0.1) is 0 Å². The lowest BCUT2D eigenvalue weighted by molar-refractivity contribution is -0.173. The van der Waals surface area contributed by atoms with Crippen molar-refractivity contribution in [2.45, 2.75) is 64.8 Å². The second-order valence-electron chi connectivity index (χ2n) is 8.35. The zero-order valence-corrected chi connectivity index (χ0v) is 15.3. The zero-order chi connectivity index (χ0) is 18.0. The molecule has 4 fully saturated rings. The lowest BCUT2D eigenvalue weighted by Gasteiger charge is -2.55. The summed E-state index contributed by atoms with van der Waals surface area (Å²) in [6.07, 6.45) is 7.40. The molecule has 6 heteroatoms. The molecule has 0 spiro atoms. The minimum atomic E-state index is -0.627. The number of amides is 2. The topological polar surface area (TPSA) is 84.5 Å². The molecule has 4 bridgehead atoms. The predicted molar refractivity (Wildman–Crippen MR) is 92.5 cm³/mol. The maximum atomic E-state index is 12.7. The van der Waals surface area contributed by atoms with Crippen LogP contribution in [0.1, 0.15) is 58.8 Å². The van der Waals surface area contributed by atoms with Crippen molar-refractivity contribution in [2.24, 2.45) is 23.2 Å². The van der Waals surface area contributed by atoms with Gasteiger partial charge in [-0.25, -0.2) is 0 Å². The van der Waals surface area contributed by atoms with Gasteiger partial charge in [-0.1, -0.05) is 6.92 Å². The Balaban J connectivity index is 1.46. The number of esters is 1. The van der Waals surface area contributed by atoms with E-state index in [0.717, 1.165) is 25.7 Å². The molecule has 0 radical (unpaired) electrons. The Morgan fingerprint density at radius 1 is 1.08 bits per heavy atom. The molecule has 0 aromatic rings. The van der Waals surface area contributed by atoms with Crippen molar-refractivity contribution in [3.05, 3.63) is 0 Å². The number of carbonyl (C=O) groups is 3. The monoisotopic (exact) mass is 350 g/mol. The van der Waals surface area contributed by atoms with Crippen LogP contribution in [-0.2, 0) is 19.1 Å². The number of hydrogen-bond donors (Lipinski definition) is 2. The van der Waals surface area contributed by atoms with Crippen LogP contribution in [0.15, 0.2) is 0 Å². The van der Waals surface area contributed by atoms with E-state index in [1.165, 1.54) is 19.3 Å². The molecule has 140 valence electrons. The van der Waals surface area contributed by atoms with Crippen molar-refractivity contribution in [3.8, 4) is 0 Å². The largest absolute Gasteiger partial charge is 0.455 e. The third kappa shape index (κ3) is 3.98. The molecule has 6 nitrogen and oxygen atoms in total. The Labute approximate surface area is 149 Å². The van der Waals surface area contributed by atoms with Crippen molar-refractivity contribution in [1.29, 1.82) is 0 Å². The standard InChI is InChI=1S/C19H30N2O4/c1-3-4-20-17(23)12(2)21-16(22)11-25-18(24)19-8-13-5-14(9-19)7-15(6-13)10-19/h12-15H,3-11H2,1-2H3,(H,20,23)(H,21,22)/t12-,13?,14?,15?,19?/m1/s1. The Kier molecular flexibility index (Phi) is 5.35. The molecule has 2 N–H and O–H groups in total. The molecule has 0 aromatic heterocycles. The fourth-order valence-electron chi connectivity index (χ4n) is 5.39. The van der Waals surface area contributed by atoms with Crippen LogP contribution >= 0.6 is 0 Å². The van der Waals surface area contributed by atoms with E-state index in [1.54, 1.807) is 6.92 Å². The van der Waals surface area contributed by atoms with E-state index in [2.05, 4.69) is 10.6 Å². The Morgan fingerprint density at radius 3 is 2.16 bits per heavy atom. The molecular formula is C19H30N2O4. The van der Waals surface area contributed by atoms with Crippen molar-refractivity contribution >= 4 is 17.8 Å². The first-order valence-corrected chi connectivity index (χ1v) is 9.66. The molecule has 0 aromatic carbocycles. The van der Waals surface area contributed by atoms with Gasteiger partial charge in [0.1, 0.15) is 6.04 Å². The molecule has 0 unspecified atom stereocenters. The molecular weight excluding hydrogens is 320 g/mol. The van der Waals surface area contributed by atoms with Gasteiger partial charge in [0.15, 0.2) is 6.61 Å². The van der Waals surface area contributed by atoms with Crippen molar-refractivity contribution in [1.82, 2.24) is 10.6 Å². The second-order valence-corrected chi connectivity index (χ2v) is 8.35. The maximum absolute atomic E-state index is 12.7. The van der Waals surface area contributed by atoms with Crippen LogP contribution in [0.5, 0.6) is 0 Å². The summed E-state index contributed by atoms with van der Waals surface area (Å²) in [7, 11) is 0. The lowest BCUT2D eigenvalue weighted by atomic mass is 9.49. The number of carbonyl (C=O) groups excluding carboxylic acids is 3. The summed E-state index contributed by atoms with van der Waals surface area (Å²) in [5, 5.41) is 5.32. The Bertz CT molecular complexity index is 510. The quantitative estimate of drug-likeness (QED) is 0.686. The molecule has 4 rings (SSSR count). The second kappa shape index (κ2) is 7.34. The lowest BCUT2D eigenvalue weighted by Crippen LogP contribution is -2.51. The Hall–Kier alpha value is -1.59. The highest BCUT2D eigenvalue weighted by molar-refractivity contribution is 5.88. The summed E-state index contributed by atoms with van der Waals surface area (Å²) in [5.41, 5.74) is -0.348. The van der Waals surface area contributed by atoms with Gasteiger partial charge in [-0.2, -0.15) is 0 Å². The predicted octanol–water partition coefficient (Wildman–Crippen LogP) is 1.78. The van der Waals surface area contributed by atoms with E-state index in [1.807, 2.05) is 6.92 Å². The molecule has 0 heterocycles. The van der Waals surface area contributed by atoms with Gasteiger partial charge in [0.05, 0.1) is 5.41 Å². The summed E-state index contributed by atoms with van der Waals surface area (Å²) in [5.74, 6) is 1.14. The number of rotatable bonds is 7. The van der Waals surface area contributed by atoms with Crippen LogP contribution in [0, 0.1) is 23.2 Å². The molecule has 4 saturated carbocycles. The molecule has 0 saturated heterocycles. The summed E-state index contributed by atoms with van der Waals surface area (Å²) < 4.78 is 5.37. The summed E-state index contributed by atoms with van der Waals surface area (Å²) in [6.45, 7) is 3.88. The van der Waals surface area contributed by atoms with Crippen molar-refractivity contribution in [3.63, 3.8) is 0 Å². The first kappa shape index (κ1) is 18.2. The molecule has 1 atom stereocenters. The minimum absolute atomic E-state index is 0.204. The third-order valence-electron chi connectivity index (χ3n) is 6.13. The van der Waals surface area contributed by atoms with E-state index in [0.29, 0.717) is 24.3 Å². The van der Waals surface area contributed by atoms with E-state index in [9.17, 15) is 14.4 Å². The minimum Gasteiger partial charge on any atom is -0.455 e. The van der Waals surface area contributed by atoms with Gasteiger partial charge >= 0.3 is 5.97 Å². The van der Waals surface area contributed by atoms with E-state index < -0.39 is 11.9 Å². The number of hydrogen-bond acceptors (Lipinski definition) is 4. The number of ether oxygens (including phenoxy) is 1. The van der Waals surface area contributed by atoms with Crippen LogP contribution in [0.25, 0.3) is 0 Å². The molecule has 4 aliphatic rings. The van der Waals surface area contributed by atoms with Gasteiger partial charge in [-0.05, 0) is 69.6 Å². The van der Waals surface area contributed by atoms with Gasteiger partial charge in [0, 0.05) is 6.54 Å². The van der Waals surface area contributed by atoms with Gasteiger partial charge in [0.25, 0.3) is 5.91 Å². The van der Waals surface area contributed by atoms with Gasteiger partial charge in [0.2, 0.25) is 5.91 Å². The fraction of sp³-hybridized carbons (Fsp3) is 0.842. The van der Waals surface area contributed by atoms with E-state index >= 15 is 0 Å². The molecule has 0 aliphatic heterocycles. The number of nitrogens with one attached hydrogen (secondary N) is 2. The maximum Gasteiger partial charge on any atom is 0.312 e. The first-order valence-electron chi connectivity index (χ1n) is 9.66. The van der Waals surface area contributed by atoms with E-state index in [-0.39, 0.29) is 23.9 Å². The van der Waals surface area contributed by atoms with Crippen LogP contribution < -0.4 is 10.6 Å². The first-order chi connectivity index (χ1) is 11.9. The summed E-state index contributed by atoms with van der Waals surface area (Å²) >= 11 is 0. The Morgan fingerprint density at radius 2 is 1.64 bits per heavy atom. The smallest absolute Gasteiger partial charge is 0.312 e.